The lowest BCUT2D eigenvalue weighted by molar-refractivity contribution is -0.202. The minimum atomic E-state index is -4.59. The highest BCUT2D eigenvalue weighted by Crippen LogP contribution is 2.51. The van der Waals surface area contributed by atoms with Gasteiger partial charge in [-0.3, -0.25) is 13.9 Å². The van der Waals surface area contributed by atoms with Crippen LogP contribution >= 0.6 is 7.75 Å². The first kappa shape index (κ1) is 33.7. The second-order valence-electron chi connectivity index (χ2n) is 11.2. The molecular weight excluding hydrogens is 624 g/mol. The summed E-state index contributed by atoms with van der Waals surface area (Å²) in [5.41, 5.74) is -2.42. The SMILES string of the molecule is C#C[C@]1(O)[C@H](n2cnc3c(OCC)nc(C)nc32)O[C@](F)(COP(=O)(NC(C)C(=O)OC2CCCCC2)Oc2ccccc2)[C@H]1O. The third-order valence-corrected chi connectivity index (χ3v) is 9.34. The number of aliphatic hydroxyl groups excluding tert-OH is 1. The number of para-hydroxylation sites is 1. The molecule has 2 fully saturated rings. The van der Waals surface area contributed by atoms with E-state index in [1.165, 1.54) is 25.4 Å². The van der Waals surface area contributed by atoms with Gasteiger partial charge in [0.05, 0.1) is 12.9 Å². The number of esters is 1. The number of terminal acetylenes is 1. The Hall–Kier alpha value is -3.64. The Morgan fingerprint density at radius 1 is 1.28 bits per heavy atom. The van der Waals surface area contributed by atoms with Crippen molar-refractivity contribution in [3.8, 4) is 24.0 Å². The number of alkyl halides is 1. The van der Waals surface area contributed by atoms with Crippen molar-refractivity contribution in [2.45, 2.75) is 88.8 Å². The quantitative estimate of drug-likeness (QED) is 0.146. The maximum absolute atomic E-state index is 16.5. The van der Waals surface area contributed by atoms with Crippen LogP contribution in [0.25, 0.3) is 11.2 Å². The number of aryl methyl sites for hydroxylation is 1. The molecule has 3 aromatic rings. The predicted molar refractivity (Wildman–Crippen MR) is 161 cm³/mol. The van der Waals surface area contributed by atoms with Gasteiger partial charge in [0.1, 0.15) is 30.3 Å². The average molecular weight is 662 g/mol. The number of halogens is 1. The van der Waals surface area contributed by atoms with Gasteiger partial charge in [0.2, 0.25) is 11.5 Å². The highest BCUT2D eigenvalue weighted by atomic mass is 31.2. The first-order valence-corrected chi connectivity index (χ1v) is 16.5. The first-order chi connectivity index (χ1) is 21.9. The monoisotopic (exact) mass is 661 g/mol. The lowest BCUT2D eigenvalue weighted by atomic mass is 9.94. The van der Waals surface area contributed by atoms with Gasteiger partial charge >= 0.3 is 13.7 Å². The average Bonchev–Trinajstić information content (AvgIpc) is 3.54. The number of aromatic nitrogens is 4. The van der Waals surface area contributed by atoms with Crippen molar-refractivity contribution in [1.82, 2.24) is 24.6 Å². The molecule has 1 aliphatic heterocycles. The second kappa shape index (κ2) is 13.6. The van der Waals surface area contributed by atoms with Crippen LogP contribution in [0.15, 0.2) is 36.7 Å². The maximum Gasteiger partial charge on any atom is 0.459 e. The molecule has 0 spiro atoms. The fraction of sp³-hybridized carbons (Fsp3) is 0.533. The van der Waals surface area contributed by atoms with Crippen molar-refractivity contribution in [1.29, 1.82) is 0 Å². The number of ether oxygens (including phenoxy) is 3. The Kier molecular flexibility index (Phi) is 9.97. The standard InChI is InChI=1S/C30H37FN5O9P/c1-5-29(39)27(38)30(31,44-28(29)36-18-32-23-24(36)33-20(4)34-25(23)41-6-2)17-42-46(40,45-22-15-11-8-12-16-22)35-19(3)26(37)43-21-13-9-7-10-14-21/h1,8,11-12,15-16,18-19,21,27-28,38-39H,6-7,9-10,13-14,17H2,2-4H3,(H,35,40)/t19?,27-,28+,29+,30+,46?/m0/s1. The minimum Gasteiger partial charge on any atom is -0.476 e. The Labute approximate surface area is 265 Å². The zero-order valence-corrected chi connectivity index (χ0v) is 26.6. The lowest BCUT2D eigenvalue weighted by Gasteiger charge is -2.29. The van der Waals surface area contributed by atoms with Crippen molar-refractivity contribution in [3.63, 3.8) is 0 Å². The van der Waals surface area contributed by atoms with E-state index in [0.29, 0.717) is 0 Å². The van der Waals surface area contributed by atoms with Crippen LogP contribution in [0.1, 0.15) is 58.0 Å². The molecule has 46 heavy (non-hydrogen) atoms. The number of aliphatic hydroxyl groups is 2. The van der Waals surface area contributed by atoms with E-state index in [0.717, 1.165) is 36.7 Å². The highest BCUT2D eigenvalue weighted by Gasteiger charge is 2.66. The van der Waals surface area contributed by atoms with E-state index in [1.54, 1.807) is 32.0 Å². The summed E-state index contributed by atoms with van der Waals surface area (Å²) in [5.74, 6) is -1.43. The molecule has 2 aromatic heterocycles. The number of imidazole rings is 1. The topological polar surface area (TPSA) is 176 Å². The molecule has 1 aromatic carbocycles. The predicted octanol–water partition coefficient (Wildman–Crippen LogP) is 3.51. The summed E-state index contributed by atoms with van der Waals surface area (Å²) in [6, 6.07) is 6.67. The molecule has 2 unspecified atom stereocenters. The zero-order chi connectivity index (χ0) is 33.1. The number of rotatable bonds is 12. The molecule has 3 heterocycles. The first-order valence-electron chi connectivity index (χ1n) is 15.0. The number of hydrogen-bond donors (Lipinski definition) is 3. The van der Waals surface area contributed by atoms with Gasteiger partial charge in [-0.2, -0.15) is 10.1 Å². The molecule has 16 heteroatoms. The van der Waals surface area contributed by atoms with Gasteiger partial charge in [-0.15, -0.1) is 6.42 Å². The van der Waals surface area contributed by atoms with Gasteiger partial charge in [-0.25, -0.2) is 18.9 Å². The van der Waals surface area contributed by atoms with Crippen LogP contribution in [0.2, 0.25) is 0 Å². The van der Waals surface area contributed by atoms with E-state index >= 15 is 4.39 Å². The summed E-state index contributed by atoms with van der Waals surface area (Å²) in [5, 5.41) is 24.9. The number of carbonyl (C=O) groups is 1. The molecule has 1 saturated heterocycles. The van der Waals surface area contributed by atoms with Crippen molar-refractivity contribution >= 4 is 24.9 Å². The van der Waals surface area contributed by atoms with Gasteiger partial charge in [0.15, 0.2) is 23.5 Å². The maximum atomic E-state index is 16.5. The van der Waals surface area contributed by atoms with Crippen molar-refractivity contribution < 1.29 is 47.2 Å². The molecule has 5 rings (SSSR count). The van der Waals surface area contributed by atoms with Crippen molar-refractivity contribution in [2.75, 3.05) is 13.2 Å². The molecule has 14 nitrogen and oxygen atoms in total. The van der Waals surface area contributed by atoms with E-state index in [4.69, 9.17) is 29.7 Å². The molecule has 248 valence electrons. The van der Waals surface area contributed by atoms with Crippen LogP contribution in [0.5, 0.6) is 11.6 Å². The third kappa shape index (κ3) is 6.88. The summed E-state index contributed by atoms with van der Waals surface area (Å²) < 4.78 is 59.4. The number of hydrogen-bond acceptors (Lipinski definition) is 12. The van der Waals surface area contributed by atoms with E-state index in [2.05, 4.69) is 20.0 Å². The number of fused-ring (bicyclic) bond motifs is 1. The van der Waals surface area contributed by atoms with Gasteiger partial charge in [-0.1, -0.05) is 30.5 Å². The van der Waals surface area contributed by atoms with Crippen LogP contribution < -0.4 is 14.3 Å². The molecule has 0 amide bonds. The Morgan fingerprint density at radius 2 is 2.00 bits per heavy atom. The molecule has 6 atom stereocenters. The van der Waals surface area contributed by atoms with Crippen LogP contribution in [0, 0.1) is 19.3 Å². The number of nitrogens with zero attached hydrogens (tertiary/aromatic N) is 4. The number of carbonyl (C=O) groups excluding carboxylic acids is 1. The normalized spacial score (nSPS) is 27.1. The van der Waals surface area contributed by atoms with Crippen molar-refractivity contribution in [2.24, 2.45) is 0 Å². The highest BCUT2D eigenvalue weighted by molar-refractivity contribution is 7.52. The third-order valence-electron chi connectivity index (χ3n) is 7.72. The van der Waals surface area contributed by atoms with E-state index in [9.17, 15) is 19.6 Å². The minimum absolute atomic E-state index is 0.0787. The van der Waals surface area contributed by atoms with Gasteiger partial charge in [-0.05, 0) is 58.6 Å². The molecular formula is C30H37FN5O9P. The largest absolute Gasteiger partial charge is 0.476 e. The van der Waals surface area contributed by atoms with Gasteiger partial charge in [0.25, 0.3) is 5.85 Å². The lowest BCUT2D eigenvalue weighted by Crippen LogP contribution is -2.50. The number of nitrogens with one attached hydrogen (secondary N) is 1. The summed E-state index contributed by atoms with van der Waals surface area (Å²) in [6.45, 7) is 3.76. The Bertz CT molecular complexity index is 1630. The molecule has 1 saturated carbocycles. The summed E-state index contributed by atoms with van der Waals surface area (Å²) in [4.78, 5) is 25.6. The van der Waals surface area contributed by atoms with Gasteiger partial charge in [0, 0.05) is 0 Å². The van der Waals surface area contributed by atoms with Crippen LogP contribution in [0.4, 0.5) is 4.39 Å². The van der Waals surface area contributed by atoms with Gasteiger partial charge < -0.3 is 28.9 Å². The fourth-order valence-corrected chi connectivity index (χ4v) is 6.87. The Balaban J connectivity index is 1.39. The molecule has 0 radical (unpaired) electrons. The van der Waals surface area contributed by atoms with E-state index < -0.39 is 50.2 Å². The molecule has 0 bridgehead atoms. The smallest absolute Gasteiger partial charge is 0.459 e. The summed E-state index contributed by atoms with van der Waals surface area (Å²) in [6.07, 6.45) is 6.68. The van der Waals surface area contributed by atoms with Crippen LogP contribution in [-0.4, -0.2) is 78.6 Å². The fourth-order valence-electron chi connectivity index (χ4n) is 5.36. The van der Waals surface area contributed by atoms with Crippen LogP contribution in [0.3, 0.4) is 0 Å². The number of benzene rings is 1. The second-order valence-corrected chi connectivity index (χ2v) is 12.9. The van der Waals surface area contributed by atoms with E-state index in [1.807, 2.05) is 5.92 Å². The molecule has 1 aliphatic carbocycles. The summed E-state index contributed by atoms with van der Waals surface area (Å²) >= 11 is 0. The zero-order valence-electron chi connectivity index (χ0n) is 25.7. The summed E-state index contributed by atoms with van der Waals surface area (Å²) in [7, 11) is -4.59. The van der Waals surface area contributed by atoms with E-state index in [-0.39, 0.29) is 41.3 Å². The van der Waals surface area contributed by atoms with Crippen LogP contribution in [-0.2, 0) is 23.4 Å². The molecule has 3 N–H and O–H groups in total. The Morgan fingerprint density at radius 3 is 2.67 bits per heavy atom. The molecule has 2 aliphatic rings. The van der Waals surface area contributed by atoms with Crippen molar-refractivity contribution in [3.05, 3.63) is 42.5 Å².